The van der Waals surface area contributed by atoms with Crippen LogP contribution in [-0.2, 0) is 10.0 Å². The number of carbonyl (C=O) groups is 1. The van der Waals surface area contributed by atoms with Gasteiger partial charge in [-0.2, -0.15) is 0 Å². The second kappa shape index (κ2) is 7.80. The lowest BCUT2D eigenvalue weighted by atomic mass is 9.95. The first kappa shape index (κ1) is 19.1. The Hall–Kier alpha value is -2.18. The zero-order valence-corrected chi connectivity index (χ0v) is 15.7. The molecule has 0 aliphatic carbocycles. The molecular formula is C19H24N2O3S. The average Bonchev–Trinajstić information content (AvgIpc) is 2.59. The highest BCUT2D eigenvalue weighted by atomic mass is 32.2. The Kier molecular flexibility index (Phi) is 5.98. The maximum absolute atomic E-state index is 12.7. The molecule has 2 aromatic carbocycles. The van der Waals surface area contributed by atoms with Crippen LogP contribution in [0.5, 0.6) is 0 Å². The number of nitrogens with one attached hydrogen (secondary N) is 1. The molecule has 134 valence electrons. The molecule has 1 N–H and O–H groups in total. The van der Waals surface area contributed by atoms with Gasteiger partial charge in [0.05, 0.1) is 10.9 Å². The summed E-state index contributed by atoms with van der Waals surface area (Å²) in [5.41, 5.74) is 1.34. The number of benzene rings is 2. The molecule has 0 saturated heterocycles. The summed E-state index contributed by atoms with van der Waals surface area (Å²) in [7, 11) is -0.647. The molecule has 0 spiro atoms. The van der Waals surface area contributed by atoms with Crippen LogP contribution in [0.15, 0.2) is 59.5 Å². The van der Waals surface area contributed by atoms with Crippen LogP contribution in [-0.4, -0.2) is 32.7 Å². The minimum Gasteiger partial charge on any atom is -0.345 e. The molecule has 6 heteroatoms. The number of hydrogen-bond acceptors (Lipinski definition) is 3. The molecule has 1 amide bonds. The predicted octanol–water partition coefficient (Wildman–Crippen LogP) is 3.06. The molecule has 0 bridgehead atoms. The van der Waals surface area contributed by atoms with E-state index in [1.165, 1.54) is 26.2 Å². The molecule has 1 atom stereocenters. The monoisotopic (exact) mass is 360 g/mol. The quantitative estimate of drug-likeness (QED) is 0.861. The Morgan fingerprint density at radius 1 is 1.00 bits per heavy atom. The van der Waals surface area contributed by atoms with E-state index in [9.17, 15) is 13.2 Å². The highest BCUT2D eigenvalue weighted by molar-refractivity contribution is 7.89. The summed E-state index contributed by atoms with van der Waals surface area (Å²) in [6.45, 7) is 4.07. The molecule has 25 heavy (non-hydrogen) atoms. The van der Waals surface area contributed by atoms with Gasteiger partial charge in [0, 0.05) is 19.7 Å². The van der Waals surface area contributed by atoms with E-state index in [-0.39, 0.29) is 22.8 Å². The van der Waals surface area contributed by atoms with Gasteiger partial charge in [-0.05, 0) is 29.7 Å². The summed E-state index contributed by atoms with van der Waals surface area (Å²) in [5.74, 6) is -0.0987. The van der Waals surface area contributed by atoms with Crippen LogP contribution in [0.3, 0.4) is 0 Å². The number of sulfonamides is 1. The average molecular weight is 360 g/mol. The minimum absolute atomic E-state index is 0.103. The zero-order valence-electron chi connectivity index (χ0n) is 14.9. The van der Waals surface area contributed by atoms with Crippen molar-refractivity contribution in [3.63, 3.8) is 0 Å². The smallest absolute Gasteiger partial charge is 0.251 e. The molecule has 0 fully saturated rings. The number of carbonyl (C=O) groups excluding carboxylic acids is 1. The molecule has 2 aromatic rings. The molecule has 0 saturated carbocycles. The summed E-state index contributed by atoms with van der Waals surface area (Å²) in [5, 5.41) is 3.01. The lowest BCUT2D eigenvalue weighted by molar-refractivity contribution is 0.0925. The molecule has 0 aliphatic heterocycles. The van der Waals surface area contributed by atoms with Crippen LogP contribution < -0.4 is 5.32 Å². The van der Waals surface area contributed by atoms with Crippen molar-refractivity contribution in [1.29, 1.82) is 0 Å². The maximum atomic E-state index is 12.7. The third-order valence-corrected chi connectivity index (χ3v) is 5.80. The van der Waals surface area contributed by atoms with Crippen LogP contribution in [0.1, 0.15) is 35.8 Å². The summed E-state index contributed by atoms with van der Waals surface area (Å²) in [6, 6.07) is 15.7. The number of rotatable bonds is 6. The van der Waals surface area contributed by atoms with E-state index >= 15 is 0 Å². The molecular weight excluding hydrogens is 336 g/mol. The van der Waals surface area contributed by atoms with Crippen molar-refractivity contribution in [3.05, 3.63) is 65.7 Å². The Morgan fingerprint density at radius 2 is 1.64 bits per heavy atom. The molecule has 5 nitrogen and oxygen atoms in total. The first-order valence-corrected chi connectivity index (χ1v) is 9.56. The topological polar surface area (TPSA) is 66.5 Å². The van der Waals surface area contributed by atoms with E-state index in [1.807, 2.05) is 44.2 Å². The number of hydrogen-bond donors (Lipinski definition) is 1. The molecule has 0 radical (unpaired) electrons. The summed E-state index contributed by atoms with van der Waals surface area (Å²) in [4.78, 5) is 12.8. The number of nitrogens with zero attached hydrogens (tertiary/aromatic N) is 1. The van der Waals surface area contributed by atoms with E-state index in [0.29, 0.717) is 5.56 Å². The predicted molar refractivity (Wildman–Crippen MR) is 98.8 cm³/mol. The van der Waals surface area contributed by atoms with Crippen molar-refractivity contribution in [2.45, 2.75) is 24.8 Å². The Balaban J connectivity index is 2.29. The van der Waals surface area contributed by atoms with E-state index in [2.05, 4.69) is 5.32 Å². The lowest BCUT2D eigenvalue weighted by Gasteiger charge is -2.23. The lowest BCUT2D eigenvalue weighted by Crippen LogP contribution is -2.32. The zero-order chi connectivity index (χ0) is 18.6. The first-order chi connectivity index (χ1) is 11.7. The van der Waals surface area contributed by atoms with Crippen molar-refractivity contribution < 1.29 is 13.2 Å². The highest BCUT2D eigenvalue weighted by Crippen LogP contribution is 2.22. The summed E-state index contributed by atoms with van der Waals surface area (Å²) in [6.07, 6.45) is 0. The summed E-state index contributed by atoms with van der Waals surface area (Å²) < 4.78 is 25.6. The van der Waals surface area contributed by atoms with Gasteiger partial charge in [-0.15, -0.1) is 0 Å². The fourth-order valence-electron chi connectivity index (χ4n) is 2.53. The van der Waals surface area contributed by atoms with Crippen molar-refractivity contribution in [2.24, 2.45) is 5.92 Å². The van der Waals surface area contributed by atoms with E-state index in [0.717, 1.165) is 9.87 Å². The normalized spacial score (nSPS) is 13.0. The van der Waals surface area contributed by atoms with Gasteiger partial charge in [0.2, 0.25) is 10.0 Å². The van der Waals surface area contributed by atoms with Crippen LogP contribution >= 0.6 is 0 Å². The largest absolute Gasteiger partial charge is 0.345 e. The second-order valence-corrected chi connectivity index (χ2v) is 8.57. The Labute approximate surface area is 149 Å². The highest BCUT2D eigenvalue weighted by Gasteiger charge is 2.21. The van der Waals surface area contributed by atoms with Crippen molar-refractivity contribution in [1.82, 2.24) is 9.62 Å². The summed E-state index contributed by atoms with van der Waals surface area (Å²) >= 11 is 0. The third kappa shape index (κ3) is 4.46. The van der Waals surface area contributed by atoms with E-state index in [1.54, 1.807) is 12.1 Å². The van der Waals surface area contributed by atoms with Crippen LogP contribution in [0.2, 0.25) is 0 Å². The standard InChI is InChI=1S/C19H24N2O3S/c1-14(2)18(15-9-6-5-7-10-15)20-19(22)16-11-8-12-17(13-16)25(23,24)21(3)4/h5-14,18H,1-4H3,(H,20,22)/t18-/m0/s1. The van der Waals surface area contributed by atoms with Crippen molar-refractivity contribution >= 4 is 15.9 Å². The van der Waals surface area contributed by atoms with Gasteiger partial charge < -0.3 is 5.32 Å². The van der Waals surface area contributed by atoms with Crippen molar-refractivity contribution in [3.8, 4) is 0 Å². The van der Waals surface area contributed by atoms with Crippen LogP contribution in [0.25, 0.3) is 0 Å². The van der Waals surface area contributed by atoms with Gasteiger partial charge in [-0.3, -0.25) is 4.79 Å². The van der Waals surface area contributed by atoms with Gasteiger partial charge in [-0.1, -0.05) is 50.2 Å². The van der Waals surface area contributed by atoms with Gasteiger partial charge in [0.1, 0.15) is 0 Å². The van der Waals surface area contributed by atoms with Crippen molar-refractivity contribution in [2.75, 3.05) is 14.1 Å². The first-order valence-electron chi connectivity index (χ1n) is 8.12. The van der Waals surface area contributed by atoms with E-state index in [4.69, 9.17) is 0 Å². The molecule has 2 rings (SSSR count). The Morgan fingerprint density at radius 3 is 2.20 bits per heavy atom. The molecule has 0 aromatic heterocycles. The fraction of sp³-hybridized carbons (Fsp3) is 0.316. The Bertz CT molecular complexity index is 831. The minimum atomic E-state index is -3.58. The fourth-order valence-corrected chi connectivity index (χ4v) is 3.48. The molecule has 0 heterocycles. The van der Waals surface area contributed by atoms with Gasteiger partial charge in [0.15, 0.2) is 0 Å². The van der Waals surface area contributed by atoms with Gasteiger partial charge in [-0.25, -0.2) is 12.7 Å². The second-order valence-electron chi connectivity index (χ2n) is 6.42. The third-order valence-electron chi connectivity index (χ3n) is 3.99. The number of amides is 1. The van der Waals surface area contributed by atoms with Gasteiger partial charge >= 0.3 is 0 Å². The van der Waals surface area contributed by atoms with Crippen LogP contribution in [0.4, 0.5) is 0 Å². The maximum Gasteiger partial charge on any atom is 0.251 e. The SMILES string of the molecule is CC(C)[C@H](NC(=O)c1cccc(S(=O)(=O)N(C)C)c1)c1ccccc1. The van der Waals surface area contributed by atoms with E-state index < -0.39 is 10.0 Å². The van der Waals surface area contributed by atoms with Gasteiger partial charge in [0.25, 0.3) is 5.91 Å². The molecule has 0 unspecified atom stereocenters. The van der Waals surface area contributed by atoms with Crippen LogP contribution in [0, 0.1) is 5.92 Å². The molecule has 0 aliphatic rings.